The van der Waals surface area contributed by atoms with Crippen LogP contribution < -0.4 is 0 Å². The van der Waals surface area contributed by atoms with Gasteiger partial charge in [-0.25, -0.2) is 0 Å². The van der Waals surface area contributed by atoms with Gasteiger partial charge in [0.15, 0.2) is 0 Å². The van der Waals surface area contributed by atoms with Gasteiger partial charge in [0.25, 0.3) is 0 Å². The molecule has 0 N–H and O–H groups in total. The van der Waals surface area contributed by atoms with Crippen LogP contribution in [0.15, 0.2) is 0 Å². The van der Waals surface area contributed by atoms with Crippen LogP contribution in [0.25, 0.3) is 0 Å². The smallest absolute Gasteiger partial charge is 0.308 e. The van der Waals surface area contributed by atoms with Gasteiger partial charge in [0.1, 0.15) is 6.10 Å². The lowest BCUT2D eigenvalue weighted by Gasteiger charge is -2.21. The summed E-state index contributed by atoms with van der Waals surface area (Å²) in [7, 11) is 0. The molecule has 86 valence electrons. The first-order valence-corrected chi connectivity index (χ1v) is 6.17. The third-order valence-corrected chi connectivity index (χ3v) is 3.83. The zero-order chi connectivity index (χ0) is 10.8. The first-order chi connectivity index (χ1) is 7.22. The minimum atomic E-state index is -0.00347. The van der Waals surface area contributed by atoms with E-state index in [4.69, 9.17) is 4.74 Å². The second kappa shape index (κ2) is 4.52. The molecule has 0 bridgehead atoms. The lowest BCUT2D eigenvalue weighted by Crippen LogP contribution is -2.33. The van der Waals surface area contributed by atoms with Gasteiger partial charge in [-0.2, -0.15) is 0 Å². The van der Waals surface area contributed by atoms with E-state index in [-0.39, 0.29) is 18.0 Å². The molecule has 0 aromatic rings. The molecule has 0 aliphatic carbocycles. The molecule has 2 saturated heterocycles. The van der Waals surface area contributed by atoms with Gasteiger partial charge in [-0.1, -0.05) is 13.8 Å². The Morgan fingerprint density at radius 2 is 2.27 bits per heavy atom. The van der Waals surface area contributed by atoms with Crippen LogP contribution in [0.3, 0.4) is 0 Å². The molecule has 2 rings (SSSR count). The fraction of sp³-hybridized carbons (Fsp3) is 0.917. The van der Waals surface area contributed by atoms with Gasteiger partial charge >= 0.3 is 5.97 Å². The van der Waals surface area contributed by atoms with E-state index < -0.39 is 0 Å². The van der Waals surface area contributed by atoms with Crippen molar-refractivity contribution >= 4 is 5.97 Å². The molecule has 2 aliphatic rings. The fourth-order valence-electron chi connectivity index (χ4n) is 2.61. The summed E-state index contributed by atoms with van der Waals surface area (Å²) in [6.45, 7) is 6.29. The Kier molecular flexibility index (Phi) is 3.29. The Balaban J connectivity index is 1.87. The highest BCUT2D eigenvalue weighted by atomic mass is 16.5. The van der Waals surface area contributed by atoms with Crippen LogP contribution in [-0.4, -0.2) is 36.1 Å². The molecule has 3 atom stereocenters. The van der Waals surface area contributed by atoms with Crippen LogP contribution in [0.4, 0.5) is 0 Å². The van der Waals surface area contributed by atoms with E-state index in [0.717, 1.165) is 19.4 Å². The standard InChI is InChI=1S/C12H21NO2/c1-3-9(2)12(14)15-11-6-8-13-7-4-5-10(11)13/h9-11H,3-8H2,1-2H3/t9?,10-,11-/m0/s1. The summed E-state index contributed by atoms with van der Waals surface area (Å²) in [5.41, 5.74) is 0. The van der Waals surface area contributed by atoms with Gasteiger partial charge in [-0.05, 0) is 32.2 Å². The zero-order valence-corrected chi connectivity index (χ0v) is 9.74. The molecular weight excluding hydrogens is 190 g/mol. The third-order valence-electron chi connectivity index (χ3n) is 3.83. The van der Waals surface area contributed by atoms with E-state index in [1.807, 2.05) is 13.8 Å². The maximum absolute atomic E-state index is 11.7. The number of carbonyl (C=O) groups excluding carboxylic acids is 1. The maximum Gasteiger partial charge on any atom is 0.308 e. The van der Waals surface area contributed by atoms with Gasteiger partial charge in [0, 0.05) is 12.6 Å². The van der Waals surface area contributed by atoms with Gasteiger partial charge in [0.2, 0.25) is 0 Å². The number of hydrogen-bond donors (Lipinski definition) is 0. The van der Waals surface area contributed by atoms with Crippen LogP contribution in [0.5, 0.6) is 0 Å². The minimum Gasteiger partial charge on any atom is -0.460 e. The monoisotopic (exact) mass is 211 g/mol. The van der Waals surface area contributed by atoms with E-state index in [1.165, 1.54) is 19.4 Å². The van der Waals surface area contributed by atoms with E-state index in [2.05, 4.69) is 4.90 Å². The number of carbonyl (C=O) groups is 1. The predicted molar refractivity (Wildman–Crippen MR) is 58.5 cm³/mol. The zero-order valence-electron chi connectivity index (χ0n) is 9.74. The Morgan fingerprint density at radius 1 is 1.47 bits per heavy atom. The van der Waals surface area contributed by atoms with Gasteiger partial charge in [-0.3, -0.25) is 9.69 Å². The summed E-state index contributed by atoms with van der Waals surface area (Å²) < 4.78 is 5.60. The summed E-state index contributed by atoms with van der Waals surface area (Å²) in [4.78, 5) is 14.1. The number of rotatable bonds is 3. The molecule has 3 nitrogen and oxygen atoms in total. The van der Waals surface area contributed by atoms with Crippen molar-refractivity contribution in [3.8, 4) is 0 Å². The van der Waals surface area contributed by atoms with E-state index in [9.17, 15) is 4.79 Å². The number of ether oxygens (including phenoxy) is 1. The second-order valence-corrected chi connectivity index (χ2v) is 4.82. The lowest BCUT2D eigenvalue weighted by atomic mass is 10.1. The molecule has 1 unspecified atom stereocenters. The summed E-state index contributed by atoms with van der Waals surface area (Å²) >= 11 is 0. The second-order valence-electron chi connectivity index (χ2n) is 4.82. The van der Waals surface area contributed by atoms with Crippen molar-refractivity contribution in [1.29, 1.82) is 0 Å². The van der Waals surface area contributed by atoms with Crippen molar-refractivity contribution < 1.29 is 9.53 Å². The topological polar surface area (TPSA) is 29.5 Å². The van der Waals surface area contributed by atoms with Crippen LogP contribution in [0, 0.1) is 5.92 Å². The molecule has 2 aliphatic heterocycles. The summed E-state index contributed by atoms with van der Waals surface area (Å²) in [6.07, 6.45) is 4.56. The first kappa shape index (κ1) is 10.9. The van der Waals surface area contributed by atoms with Crippen molar-refractivity contribution in [2.75, 3.05) is 13.1 Å². The Labute approximate surface area is 91.8 Å². The molecule has 0 aromatic carbocycles. The lowest BCUT2D eigenvalue weighted by molar-refractivity contribution is -0.154. The SMILES string of the molecule is CCC(C)C(=O)O[C@H]1CCN2CCC[C@@H]12. The molecular formula is C12H21NO2. The average Bonchev–Trinajstić information content (AvgIpc) is 2.81. The van der Waals surface area contributed by atoms with Crippen molar-refractivity contribution in [3.63, 3.8) is 0 Å². The highest BCUT2D eigenvalue weighted by molar-refractivity contribution is 5.72. The van der Waals surface area contributed by atoms with Gasteiger partial charge < -0.3 is 4.74 Å². The van der Waals surface area contributed by atoms with Crippen molar-refractivity contribution in [2.24, 2.45) is 5.92 Å². The minimum absolute atomic E-state index is 0.00347. The van der Waals surface area contributed by atoms with Crippen molar-refractivity contribution in [1.82, 2.24) is 4.90 Å². The van der Waals surface area contributed by atoms with Crippen LogP contribution in [0.2, 0.25) is 0 Å². The molecule has 0 saturated carbocycles. The molecule has 0 amide bonds. The molecule has 15 heavy (non-hydrogen) atoms. The maximum atomic E-state index is 11.7. The molecule has 0 radical (unpaired) electrons. The highest BCUT2D eigenvalue weighted by Gasteiger charge is 2.39. The van der Waals surface area contributed by atoms with Crippen LogP contribution in [0.1, 0.15) is 39.5 Å². The van der Waals surface area contributed by atoms with Crippen LogP contribution in [-0.2, 0) is 9.53 Å². The fourth-order valence-corrected chi connectivity index (χ4v) is 2.61. The quantitative estimate of drug-likeness (QED) is 0.667. The summed E-state index contributed by atoms with van der Waals surface area (Å²) in [6, 6.07) is 0.526. The third kappa shape index (κ3) is 2.17. The average molecular weight is 211 g/mol. The Morgan fingerprint density at radius 3 is 3.00 bits per heavy atom. The van der Waals surface area contributed by atoms with Crippen molar-refractivity contribution in [3.05, 3.63) is 0 Å². The van der Waals surface area contributed by atoms with Gasteiger partial charge in [-0.15, -0.1) is 0 Å². The summed E-state index contributed by atoms with van der Waals surface area (Å²) in [5, 5.41) is 0. The van der Waals surface area contributed by atoms with Crippen molar-refractivity contribution in [2.45, 2.75) is 51.7 Å². The largest absolute Gasteiger partial charge is 0.460 e. The van der Waals surface area contributed by atoms with Crippen LogP contribution >= 0.6 is 0 Å². The molecule has 2 heterocycles. The van der Waals surface area contributed by atoms with E-state index in [0.29, 0.717) is 6.04 Å². The van der Waals surface area contributed by atoms with Gasteiger partial charge in [0.05, 0.1) is 5.92 Å². The Hall–Kier alpha value is -0.570. The molecule has 0 aromatic heterocycles. The number of esters is 1. The number of nitrogens with zero attached hydrogens (tertiary/aromatic N) is 1. The predicted octanol–water partition coefficient (Wildman–Crippen LogP) is 1.81. The molecule has 3 heteroatoms. The normalized spacial score (nSPS) is 32.7. The molecule has 0 spiro atoms. The highest BCUT2D eigenvalue weighted by Crippen LogP contribution is 2.30. The number of fused-ring (bicyclic) bond motifs is 1. The number of hydrogen-bond acceptors (Lipinski definition) is 3. The first-order valence-electron chi connectivity index (χ1n) is 6.17. The Bertz CT molecular complexity index is 242. The summed E-state index contributed by atoms with van der Waals surface area (Å²) in [5.74, 6) is 0.0525. The van der Waals surface area contributed by atoms with E-state index in [1.54, 1.807) is 0 Å². The molecule has 2 fully saturated rings. The van der Waals surface area contributed by atoms with E-state index >= 15 is 0 Å².